The van der Waals surface area contributed by atoms with Crippen LogP contribution in [0, 0.1) is 5.41 Å². The van der Waals surface area contributed by atoms with Gasteiger partial charge in [-0.1, -0.05) is 6.07 Å². The van der Waals surface area contributed by atoms with Gasteiger partial charge in [0, 0.05) is 45.2 Å². The monoisotopic (exact) mass is 263 g/mol. The third-order valence-electron chi connectivity index (χ3n) is 3.89. The summed E-state index contributed by atoms with van der Waals surface area (Å²) in [5.74, 6) is 0. The Morgan fingerprint density at radius 2 is 2.21 bits per heavy atom. The highest BCUT2D eigenvalue weighted by Gasteiger charge is 2.33. The molecule has 1 aromatic heterocycles. The van der Waals surface area contributed by atoms with Gasteiger partial charge in [0.1, 0.15) is 0 Å². The fourth-order valence-corrected chi connectivity index (χ4v) is 3.00. The zero-order chi connectivity index (χ0) is 13.6. The lowest BCUT2D eigenvalue weighted by Crippen LogP contribution is -2.45. The predicted octanol–water partition coefficient (Wildman–Crippen LogP) is 1.53. The molecule has 106 valence electrons. The summed E-state index contributed by atoms with van der Waals surface area (Å²) in [5.41, 5.74) is 1.63. The van der Waals surface area contributed by atoms with Crippen molar-refractivity contribution >= 4 is 0 Å². The van der Waals surface area contributed by atoms with Crippen LogP contribution in [-0.4, -0.2) is 50.3 Å². The van der Waals surface area contributed by atoms with E-state index < -0.39 is 0 Å². The molecular weight excluding hydrogens is 238 g/mol. The Bertz CT molecular complexity index is 357. The van der Waals surface area contributed by atoms with E-state index in [0.717, 1.165) is 45.7 Å². The summed E-state index contributed by atoms with van der Waals surface area (Å²) in [4.78, 5) is 6.58. The van der Waals surface area contributed by atoms with E-state index in [1.54, 1.807) is 0 Å². The first kappa shape index (κ1) is 14.4. The van der Waals surface area contributed by atoms with Crippen LogP contribution in [0.25, 0.3) is 0 Å². The van der Waals surface area contributed by atoms with Crippen molar-refractivity contribution < 1.29 is 4.74 Å². The van der Waals surface area contributed by atoms with Crippen LogP contribution in [0.3, 0.4) is 0 Å². The molecule has 0 unspecified atom stereocenters. The van der Waals surface area contributed by atoms with E-state index in [-0.39, 0.29) is 0 Å². The van der Waals surface area contributed by atoms with Gasteiger partial charge in [0.15, 0.2) is 0 Å². The molecule has 0 bridgehead atoms. The fraction of sp³-hybridized carbons (Fsp3) is 0.667. The van der Waals surface area contributed by atoms with Gasteiger partial charge in [-0.3, -0.25) is 4.98 Å². The molecule has 1 fully saturated rings. The van der Waals surface area contributed by atoms with E-state index in [1.165, 1.54) is 5.56 Å². The molecule has 0 radical (unpaired) electrons. The highest BCUT2D eigenvalue weighted by Crippen LogP contribution is 2.30. The number of pyridine rings is 1. The van der Waals surface area contributed by atoms with Crippen molar-refractivity contribution in [3.05, 3.63) is 30.1 Å². The van der Waals surface area contributed by atoms with E-state index in [2.05, 4.69) is 28.3 Å². The third-order valence-corrected chi connectivity index (χ3v) is 3.89. The van der Waals surface area contributed by atoms with Crippen LogP contribution in [0.5, 0.6) is 0 Å². The van der Waals surface area contributed by atoms with E-state index in [9.17, 15) is 0 Å². The summed E-state index contributed by atoms with van der Waals surface area (Å²) >= 11 is 0. The lowest BCUT2D eigenvalue weighted by atomic mass is 9.79. The topological polar surface area (TPSA) is 37.4 Å². The van der Waals surface area contributed by atoms with Crippen molar-refractivity contribution in [1.29, 1.82) is 0 Å². The minimum atomic E-state index is 0.351. The molecule has 2 heterocycles. The van der Waals surface area contributed by atoms with E-state index in [1.807, 2.05) is 25.5 Å². The smallest absolute Gasteiger partial charge is 0.0472 e. The van der Waals surface area contributed by atoms with Gasteiger partial charge in [0.25, 0.3) is 0 Å². The maximum Gasteiger partial charge on any atom is 0.0472 e. The van der Waals surface area contributed by atoms with Gasteiger partial charge in [0.2, 0.25) is 0 Å². The van der Waals surface area contributed by atoms with E-state index in [0.29, 0.717) is 5.41 Å². The fourth-order valence-electron chi connectivity index (χ4n) is 3.00. The standard InChI is InChI=1S/C15H25N3O/c1-16-12-15(5-8-19-9-6-15)13-18(2)11-14-4-3-7-17-10-14/h3-4,7,10,16H,5-6,8-9,11-13H2,1-2H3. The molecule has 0 saturated carbocycles. The second kappa shape index (κ2) is 6.98. The van der Waals surface area contributed by atoms with Crippen molar-refractivity contribution in [1.82, 2.24) is 15.2 Å². The van der Waals surface area contributed by atoms with Gasteiger partial charge in [-0.05, 0) is 44.0 Å². The van der Waals surface area contributed by atoms with Crippen LogP contribution in [0.1, 0.15) is 18.4 Å². The third kappa shape index (κ3) is 4.27. The predicted molar refractivity (Wildman–Crippen MR) is 77.0 cm³/mol. The minimum absolute atomic E-state index is 0.351. The number of nitrogens with zero attached hydrogens (tertiary/aromatic N) is 2. The van der Waals surface area contributed by atoms with Crippen LogP contribution in [-0.2, 0) is 11.3 Å². The number of rotatable bonds is 6. The normalized spacial score (nSPS) is 18.7. The largest absolute Gasteiger partial charge is 0.381 e. The lowest BCUT2D eigenvalue weighted by Gasteiger charge is -2.40. The summed E-state index contributed by atoms with van der Waals surface area (Å²) in [6, 6.07) is 4.14. The van der Waals surface area contributed by atoms with Crippen molar-refractivity contribution in [3.8, 4) is 0 Å². The molecule has 0 amide bonds. The summed E-state index contributed by atoms with van der Waals surface area (Å²) in [6.07, 6.45) is 6.06. The van der Waals surface area contributed by atoms with Gasteiger partial charge in [-0.15, -0.1) is 0 Å². The van der Waals surface area contributed by atoms with E-state index >= 15 is 0 Å². The molecule has 1 aliphatic heterocycles. The number of hydrogen-bond donors (Lipinski definition) is 1. The van der Waals surface area contributed by atoms with Crippen LogP contribution in [0.4, 0.5) is 0 Å². The molecule has 4 nitrogen and oxygen atoms in total. The van der Waals surface area contributed by atoms with E-state index in [4.69, 9.17) is 4.74 Å². The average Bonchev–Trinajstić information content (AvgIpc) is 2.40. The van der Waals surface area contributed by atoms with Crippen molar-refractivity contribution in [2.24, 2.45) is 5.41 Å². The Kier molecular flexibility index (Phi) is 5.31. The molecule has 4 heteroatoms. The molecule has 1 aliphatic rings. The Balaban J connectivity index is 1.93. The van der Waals surface area contributed by atoms with Crippen LogP contribution in [0.15, 0.2) is 24.5 Å². The maximum atomic E-state index is 5.51. The molecule has 19 heavy (non-hydrogen) atoms. The van der Waals surface area contributed by atoms with Crippen molar-refractivity contribution in [3.63, 3.8) is 0 Å². The number of hydrogen-bond acceptors (Lipinski definition) is 4. The molecule has 0 spiro atoms. The van der Waals surface area contributed by atoms with Gasteiger partial charge >= 0.3 is 0 Å². The SMILES string of the molecule is CNCC1(CN(C)Cc2cccnc2)CCOCC1. The molecular formula is C15H25N3O. The number of ether oxygens (including phenoxy) is 1. The summed E-state index contributed by atoms with van der Waals surface area (Å²) < 4.78 is 5.51. The Hall–Kier alpha value is -0.970. The summed E-state index contributed by atoms with van der Waals surface area (Å²) in [5, 5.41) is 3.35. The first-order valence-electron chi connectivity index (χ1n) is 7.04. The van der Waals surface area contributed by atoms with Gasteiger partial charge in [-0.25, -0.2) is 0 Å². The van der Waals surface area contributed by atoms with Crippen molar-refractivity contribution in [2.75, 3.05) is 40.4 Å². The highest BCUT2D eigenvalue weighted by molar-refractivity contribution is 5.08. The zero-order valence-corrected chi connectivity index (χ0v) is 12.1. The quantitative estimate of drug-likeness (QED) is 0.844. The van der Waals surface area contributed by atoms with Crippen LogP contribution < -0.4 is 5.32 Å². The zero-order valence-electron chi connectivity index (χ0n) is 12.1. The first-order valence-corrected chi connectivity index (χ1v) is 7.04. The Morgan fingerprint density at radius 1 is 1.42 bits per heavy atom. The molecule has 0 aliphatic carbocycles. The molecule has 0 aromatic carbocycles. The maximum absolute atomic E-state index is 5.51. The number of nitrogens with one attached hydrogen (secondary N) is 1. The molecule has 1 aromatic rings. The van der Waals surface area contributed by atoms with Gasteiger partial charge in [0.05, 0.1) is 0 Å². The van der Waals surface area contributed by atoms with Crippen molar-refractivity contribution in [2.45, 2.75) is 19.4 Å². The highest BCUT2D eigenvalue weighted by atomic mass is 16.5. The minimum Gasteiger partial charge on any atom is -0.381 e. The second-order valence-electron chi connectivity index (χ2n) is 5.68. The molecule has 2 rings (SSSR count). The number of aromatic nitrogens is 1. The van der Waals surface area contributed by atoms with Gasteiger partial charge < -0.3 is 15.0 Å². The van der Waals surface area contributed by atoms with Crippen LogP contribution >= 0.6 is 0 Å². The molecule has 1 saturated heterocycles. The average molecular weight is 263 g/mol. The lowest BCUT2D eigenvalue weighted by molar-refractivity contribution is -0.000746. The Morgan fingerprint density at radius 3 is 2.84 bits per heavy atom. The summed E-state index contributed by atoms with van der Waals surface area (Å²) in [6.45, 7) is 4.91. The first-order chi connectivity index (χ1) is 9.24. The van der Waals surface area contributed by atoms with Crippen LogP contribution in [0.2, 0.25) is 0 Å². The van der Waals surface area contributed by atoms with Gasteiger partial charge in [-0.2, -0.15) is 0 Å². The summed E-state index contributed by atoms with van der Waals surface area (Å²) in [7, 11) is 4.23. The second-order valence-corrected chi connectivity index (χ2v) is 5.68. The molecule has 1 N–H and O–H groups in total. The molecule has 0 atom stereocenters. The Labute approximate surface area is 116 Å².